The van der Waals surface area contributed by atoms with Gasteiger partial charge in [-0.1, -0.05) is 22.0 Å². The summed E-state index contributed by atoms with van der Waals surface area (Å²) >= 11 is 9.07. The van der Waals surface area contributed by atoms with Gasteiger partial charge in [0, 0.05) is 14.2 Å². The summed E-state index contributed by atoms with van der Waals surface area (Å²) in [4.78, 5) is 2.69. The van der Waals surface area contributed by atoms with Crippen molar-refractivity contribution in [3.63, 3.8) is 0 Å². The highest BCUT2D eigenvalue weighted by atomic mass is 79.9. The molecule has 0 radical (unpaired) electrons. The summed E-state index contributed by atoms with van der Waals surface area (Å²) in [6, 6.07) is 8.12. The molecule has 0 fully saturated rings. The van der Waals surface area contributed by atoms with Crippen LogP contribution in [0.4, 0.5) is 0 Å². The number of hydrogen-bond acceptors (Lipinski definition) is 3. The Labute approximate surface area is 134 Å². The zero-order valence-corrected chi connectivity index (χ0v) is 14.9. The maximum Gasteiger partial charge on any atom is 0.161 e. The van der Waals surface area contributed by atoms with E-state index in [1.54, 1.807) is 25.6 Å². The van der Waals surface area contributed by atoms with Crippen molar-refractivity contribution in [2.24, 2.45) is 0 Å². The summed E-state index contributed by atoms with van der Waals surface area (Å²) in [5, 5.41) is 0. The summed E-state index contributed by atoms with van der Waals surface area (Å²) in [5.74, 6) is 1.49. The summed E-state index contributed by atoms with van der Waals surface area (Å²) < 4.78 is 11.7. The molecular formula is C14H14Br2O2S. The van der Waals surface area contributed by atoms with Gasteiger partial charge >= 0.3 is 0 Å². The first-order chi connectivity index (χ1) is 9.06. The van der Waals surface area contributed by atoms with Gasteiger partial charge in [-0.05, 0) is 46.6 Å². The average molecular weight is 406 g/mol. The van der Waals surface area contributed by atoms with Crippen LogP contribution in [-0.4, -0.2) is 14.2 Å². The molecule has 2 aromatic rings. The fraction of sp³-hybridized carbons (Fsp3) is 0.286. The molecule has 1 atom stereocenters. The lowest BCUT2D eigenvalue weighted by Gasteiger charge is -2.12. The van der Waals surface area contributed by atoms with E-state index in [4.69, 9.17) is 9.47 Å². The first-order valence-corrected chi connectivity index (χ1v) is 8.21. The summed E-state index contributed by atoms with van der Waals surface area (Å²) in [5.41, 5.74) is 1.14. The molecule has 2 nitrogen and oxygen atoms in total. The van der Waals surface area contributed by atoms with Crippen LogP contribution in [0.1, 0.15) is 20.1 Å². The van der Waals surface area contributed by atoms with Gasteiger partial charge in [-0.15, -0.1) is 11.3 Å². The number of rotatable bonds is 4. The number of thiophene rings is 1. The maximum atomic E-state index is 5.34. The van der Waals surface area contributed by atoms with Crippen molar-refractivity contribution in [1.82, 2.24) is 0 Å². The molecular weight excluding hydrogens is 392 g/mol. The second-order valence-corrected chi connectivity index (χ2v) is 7.09. The normalized spacial score (nSPS) is 12.3. The quantitative estimate of drug-likeness (QED) is 0.640. The lowest BCUT2D eigenvalue weighted by Crippen LogP contribution is -1.94. The number of ether oxygens (including phenoxy) is 2. The van der Waals surface area contributed by atoms with E-state index in [9.17, 15) is 0 Å². The fourth-order valence-electron chi connectivity index (χ4n) is 1.78. The summed E-state index contributed by atoms with van der Waals surface area (Å²) in [6.07, 6.45) is 0. The van der Waals surface area contributed by atoms with Gasteiger partial charge in [-0.25, -0.2) is 0 Å². The van der Waals surface area contributed by atoms with E-state index in [1.165, 1.54) is 9.75 Å². The minimum Gasteiger partial charge on any atom is -0.493 e. The Morgan fingerprint density at radius 3 is 2.32 bits per heavy atom. The highest BCUT2D eigenvalue weighted by molar-refractivity contribution is 9.10. The molecule has 0 aliphatic carbocycles. The maximum absolute atomic E-state index is 5.34. The highest BCUT2D eigenvalue weighted by Gasteiger charge is 2.16. The molecule has 1 unspecified atom stereocenters. The van der Waals surface area contributed by atoms with Gasteiger partial charge in [0.15, 0.2) is 11.5 Å². The van der Waals surface area contributed by atoms with Gasteiger partial charge in [-0.2, -0.15) is 0 Å². The number of alkyl halides is 1. The largest absolute Gasteiger partial charge is 0.493 e. The van der Waals surface area contributed by atoms with Gasteiger partial charge in [0.2, 0.25) is 0 Å². The van der Waals surface area contributed by atoms with E-state index in [-0.39, 0.29) is 4.83 Å². The van der Waals surface area contributed by atoms with Crippen molar-refractivity contribution in [2.45, 2.75) is 11.8 Å². The Morgan fingerprint density at radius 2 is 1.79 bits per heavy atom. The lowest BCUT2D eigenvalue weighted by molar-refractivity contribution is 0.354. The predicted molar refractivity (Wildman–Crippen MR) is 87.1 cm³/mol. The molecule has 0 N–H and O–H groups in total. The minimum absolute atomic E-state index is 0.155. The van der Waals surface area contributed by atoms with Crippen LogP contribution in [0.3, 0.4) is 0 Å². The van der Waals surface area contributed by atoms with Gasteiger partial charge in [-0.3, -0.25) is 0 Å². The van der Waals surface area contributed by atoms with Crippen molar-refractivity contribution < 1.29 is 9.47 Å². The molecule has 1 heterocycles. The van der Waals surface area contributed by atoms with Crippen LogP contribution in [0.15, 0.2) is 28.7 Å². The first-order valence-electron chi connectivity index (χ1n) is 5.68. The number of benzene rings is 1. The Bertz CT molecular complexity index is 561. The predicted octanol–water partition coefficient (Wildman–Crippen LogP) is 5.32. The highest BCUT2D eigenvalue weighted by Crippen LogP contribution is 2.41. The molecule has 0 saturated carbocycles. The van der Waals surface area contributed by atoms with E-state index in [0.29, 0.717) is 0 Å². The standard InChI is InChI=1S/C14H14Br2O2S/c1-8-10(15)7-13(19-8)14(16)9-4-5-11(17-2)12(6-9)18-3/h4-7,14H,1-3H3. The summed E-state index contributed by atoms with van der Waals surface area (Å²) in [7, 11) is 3.29. The van der Waals surface area contributed by atoms with Crippen molar-refractivity contribution in [3.8, 4) is 11.5 Å². The van der Waals surface area contributed by atoms with Gasteiger partial charge < -0.3 is 9.47 Å². The van der Waals surface area contributed by atoms with Gasteiger partial charge in [0.25, 0.3) is 0 Å². The molecule has 0 aliphatic heterocycles. The molecule has 19 heavy (non-hydrogen) atoms. The van der Waals surface area contributed by atoms with Gasteiger partial charge in [0.1, 0.15) is 0 Å². The number of aryl methyl sites for hydroxylation is 1. The van der Waals surface area contributed by atoms with E-state index in [2.05, 4.69) is 44.8 Å². The Balaban J connectivity index is 2.35. The monoisotopic (exact) mass is 404 g/mol. The third kappa shape index (κ3) is 3.15. The fourth-order valence-corrected chi connectivity index (χ4v) is 4.05. The minimum atomic E-state index is 0.155. The van der Waals surface area contributed by atoms with Crippen LogP contribution < -0.4 is 9.47 Å². The molecule has 0 spiro atoms. The van der Waals surface area contributed by atoms with Crippen LogP contribution in [-0.2, 0) is 0 Å². The van der Waals surface area contributed by atoms with Crippen molar-refractivity contribution in [1.29, 1.82) is 0 Å². The van der Waals surface area contributed by atoms with Crippen LogP contribution in [0.25, 0.3) is 0 Å². The Kier molecular flexibility index (Phi) is 4.92. The van der Waals surface area contributed by atoms with Crippen molar-refractivity contribution in [3.05, 3.63) is 44.1 Å². The van der Waals surface area contributed by atoms with Crippen LogP contribution in [0.5, 0.6) is 11.5 Å². The first kappa shape index (κ1) is 14.9. The molecule has 102 valence electrons. The molecule has 0 bridgehead atoms. The zero-order chi connectivity index (χ0) is 14.0. The third-order valence-corrected chi connectivity index (χ3v) is 6.35. The second-order valence-electron chi connectivity index (χ2n) is 4.03. The van der Waals surface area contributed by atoms with Crippen LogP contribution >= 0.6 is 43.2 Å². The van der Waals surface area contributed by atoms with Crippen molar-refractivity contribution in [2.75, 3.05) is 14.2 Å². The average Bonchev–Trinajstić information content (AvgIpc) is 2.77. The number of hydrogen-bond donors (Lipinski definition) is 0. The van der Waals surface area contributed by atoms with Gasteiger partial charge in [0.05, 0.1) is 19.0 Å². The third-order valence-electron chi connectivity index (χ3n) is 2.83. The number of halogens is 2. The topological polar surface area (TPSA) is 18.5 Å². The number of methoxy groups -OCH3 is 2. The van der Waals surface area contributed by atoms with Crippen molar-refractivity contribution >= 4 is 43.2 Å². The van der Waals surface area contributed by atoms with Crippen LogP contribution in [0.2, 0.25) is 0 Å². The lowest BCUT2D eigenvalue weighted by atomic mass is 10.1. The Morgan fingerprint density at radius 1 is 1.11 bits per heavy atom. The molecule has 0 amide bonds. The van der Waals surface area contributed by atoms with Crippen LogP contribution in [0, 0.1) is 6.92 Å². The molecule has 0 saturated heterocycles. The molecule has 1 aromatic carbocycles. The molecule has 2 rings (SSSR count). The molecule has 1 aromatic heterocycles. The molecule has 0 aliphatic rings. The van der Waals surface area contributed by atoms with E-state index < -0.39 is 0 Å². The molecule has 5 heteroatoms. The zero-order valence-electron chi connectivity index (χ0n) is 10.9. The van der Waals surface area contributed by atoms with E-state index in [1.807, 2.05) is 18.2 Å². The smallest absolute Gasteiger partial charge is 0.161 e. The summed E-state index contributed by atoms with van der Waals surface area (Å²) in [6.45, 7) is 2.10. The second kappa shape index (κ2) is 6.29. The van der Waals surface area contributed by atoms with E-state index in [0.717, 1.165) is 21.5 Å². The Hall–Kier alpha value is -0.520. The SMILES string of the molecule is COc1ccc(C(Br)c2cc(Br)c(C)s2)cc1OC. The van der Waals surface area contributed by atoms with E-state index >= 15 is 0 Å².